The van der Waals surface area contributed by atoms with Crippen molar-refractivity contribution in [2.24, 2.45) is 22.1 Å². The zero-order valence-corrected chi connectivity index (χ0v) is 10.2. The molecule has 1 unspecified atom stereocenters. The van der Waals surface area contributed by atoms with Gasteiger partial charge in [0.05, 0.1) is 11.5 Å². The normalized spacial score (nSPS) is 34.4. The largest absolute Gasteiger partial charge is 0.393 e. The number of rotatable bonds is 3. The van der Waals surface area contributed by atoms with Crippen LogP contribution in [0.15, 0.2) is 17.3 Å². The van der Waals surface area contributed by atoms with E-state index in [9.17, 15) is 14.7 Å². The van der Waals surface area contributed by atoms with Gasteiger partial charge in [-0.3, -0.25) is 14.6 Å². The second kappa shape index (κ2) is 4.53. The van der Waals surface area contributed by atoms with Crippen molar-refractivity contribution < 1.29 is 14.7 Å². The first-order chi connectivity index (χ1) is 8.51. The molecule has 1 saturated carbocycles. The quantitative estimate of drug-likeness (QED) is 0.619. The minimum Gasteiger partial charge on any atom is -0.393 e. The fraction of sp³-hybridized carbons (Fsp3) is 0.583. The predicted molar refractivity (Wildman–Crippen MR) is 65.6 cm³/mol. The fourth-order valence-electron chi connectivity index (χ4n) is 2.62. The Kier molecular flexibility index (Phi) is 3.21. The van der Waals surface area contributed by atoms with E-state index in [-0.39, 0.29) is 24.0 Å². The van der Waals surface area contributed by atoms with Crippen molar-refractivity contribution in [1.29, 1.82) is 0 Å². The van der Waals surface area contributed by atoms with Gasteiger partial charge in [-0.15, -0.1) is 0 Å². The van der Waals surface area contributed by atoms with Crippen molar-refractivity contribution in [3.05, 3.63) is 12.3 Å². The molecule has 4 N–H and O–H groups in total. The maximum atomic E-state index is 11.8. The molecular weight excluding hydrogens is 234 g/mol. The average Bonchev–Trinajstić information content (AvgIpc) is 2.36. The summed E-state index contributed by atoms with van der Waals surface area (Å²) in [5.74, 6) is -1.06. The SMILES string of the molecule is CNC(=O)C1=NC=CC(C(N)=O)([C@@H]2CC[C@H]2O)C1. The minimum absolute atomic E-state index is 0.153. The Bertz CT molecular complexity index is 444. The number of nitrogens with one attached hydrogen (secondary N) is 1. The molecule has 0 aromatic heterocycles. The first-order valence-electron chi connectivity index (χ1n) is 5.95. The molecule has 6 nitrogen and oxygen atoms in total. The van der Waals surface area contributed by atoms with E-state index in [0.29, 0.717) is 6.42 Å². The molecule has 0 aromatic rings. The number of nitrogens with zero attached hydrogens (tertiary/aromatic N) is 1. The summed E-state index contributed by atoms with van der Waals surface area (Å²) in [6.07, 6.45) is 4.07. The Hall–Kier alpha value is -1.69. The molecule has 1 heterocycles. The number of carbonyl (C=O) groups excluding carboxylic acids is 2. The van der Waals surface area contributed by atoms with Crippen molar-refractivity contribution in [3.63, 3.8) is 0 Å². The summed E-state index contributed by atoms with van der Waals surface area (Å²) < 4.78 is 0. The second-order valence-corrected chi connectivity index (χ2v) is 4.80. The van der Waals surface area contributed by atoms with E-state index >= 15 is 0 Å². The van der Waals surface area contributed by atoms with Gasteiger partial charge in [0.25, 0.3) is 5.91 Å². The molecule has 2 amide bonds. The summed E-state index contributed by atoms with van der Waals surface area (Å²) in [5, 5.41) is 12.3. The highest BCUT2D eigenvalue weighted by Crippen LogP contribution is 2.46. The lowest BCUT2D eigenvalue weighted by Gasteiger charge is -2.45. The van der Waals surface area contributed by atoms with Crippen molar-refractivity contribution in [2.45, 2.75) is 25.4 Å². The van der Waals surface area contributed by atoms with Crippen molar-refractivity contribution in [1.82, 2.24) is 5.32 Å². The zero-order valence-electron chi connectivity index (χ0n) is 10.2. The molecule has 2 aliphatic rings. The molecule has 1 aliphatic heterocycles. The number of hydrogen-bond acceptors (Lipinski definition) is 4. The molecule has 98 valence electrons. The van der Waals surface area contributed by atoms with Crippen LogP contribution in [0.3, 0.4) is 0 Å². The third kappa shape index (κ3) is 1.82. The van der Waals surface area contributed by atoms with Gasteiger partial charge in [0, 0.05) is 25.6 Å². The van der Waals surface area contributed by atoms with E-state index in [1.165, 1.54) is 13.2 Å². The molecule has 0 radical (unpaired) electrons. The molecule has 0 saturated heterocycles. The van der Waals surface area contributed by atoms with Gasteiger partial charge in [-0.2, -0.15) is 0 Å². The number of hydrogen-bond donors (Lipinski definition) is 3. The average molecular weight is 251 g/mol. The van der Waals surface area contributed by atoms with Gasteiger partial charge in [0.1, 0.15) is 5.71 Å². The van der Waals surface area contributed by atoms with Crippen LogP contribution in [0.2, 0.25) is 0 Å². The molecule has 3 atom stereocenters. The lowest BCUT2D eigenvalue weighted by Crippen LogP contribution is -2.53. The van der Waals surface area contributed by atoms with Crippen LogP contribution < -0.4 is 11.1 Å². The number of aliphatic hydroxyl groups excluding tert-OH is 1. The Labute approximate surface area is 105 Å². The Morgan fingerprint density at radius 1 is 1.56 bits per heavy atom. The third-order valence-corrected chi connectivity index (χ3v) is 3.91. The molecule has 6 heteroatoms. The van der Waals surface area contributed by atoms with Crippen LogP contribution in [-0.2, 0) is 9.59 Å². The maximum Gasteiger partial charge on any atom is 0.265 e. The third-order valence-electron chi connectivity index (χ3n) is 3.91. The van der Waals surface area contributed by atoms with Gasteiger partial charge in [-0.05, 0) is 18.9 Å². The number of carbonyl (C=O) groups is 2. The molecule has 0 bridgehead atoms. The summed E-state index contributed by atoms with van der Waals surface area (Å²) in [6, 6.07) is 0. The van der Waals surface area contributed by atoms with Crippen LogP contribution in [0, 0.1) is 11.3 Å². The first-order valence-corrected chi connectivity index (χ1v) is 5.95. The first kappa shape index (κ1) is 12.8. The molecule has 18 heavy (non-hydrogen) atoms. The van der Waals surface area contributed by atoms with E-state index < -0.39 is 17.4 Å². The number of amides is 2. The highest BCUT2D eigenvalue weighted by Gasteiger charge is 2.51. The number of nitrogens with two attached hydrogens (primary N) is 1. The molecule has 0 aromatic carbocycles. The fourth-order valence-corrected chi connectivity index (χ4v) is 2.62. The highest BCUT2D eigenvalue weighted by atomic mass is 16.3. The summed E-state index contributed by atoms with van der Waals surface area (Å²) in [7, 11) is 1.51. The van der Waals surface area contributed by atoms with E-state index in [0.717, 1.165) is 6.42 Å². The van der Waals surface area contributed by atoms with E-state index in [2.05, 4.69) is 10.3 Å². The topological polar surface area (TPSA) is 105 Å². The van der Waals surface area contributed by atoms with Gasteiger partial charge in [-0.25, -0.2) is 0 Å². The van der Waals surface area contributed by atoms with Gasteiger partial charge in [0.2, 0.25) is 5.91 Å². The van der Waals surface area contributed by atoms with Crippen LogP contribution in [0.25, 0.3) is 0 Å². The molecule has 2 rings (SSSR count). The van der Waals surface area contributed by atoms with Crippen LogP contribution >= 0.6 is 0 Å². The zero-order chi connectivity index (χ0) is 13.3. The van der Waals surface area contributed by atoms with Crippen LogP contribution in [-0.4, -0.2) is 35.8 Å². The van der Waals surface area contributed by atoms with E-state index in [1.54, 1.807) is 6.08 Å². The highest BCUT2D eigenvalue weighted by molar-refractivity contribution is 6.39. The van der Waals surface area contributed by atoms with Gasteiger partial charge >= 0.3 is 0 Å². The number of aliphatic imine (C=N–C) groups is 1. The number of aliphatic hydroxyl groups is 1. The van der Waals surface area contributed by atoms with Crippen LogP contribution in [0.1, 0.15) is 19.3 Å². The lowest BCUT2D eigenvalue weighted by molar-refractivity contribution is -0.135. The van der Waals surface area contributed by atoms with E-state index in [1.807, 2.05) is 0 Å². The van der Waals surface area contributed by atoms with Crippen LogP contribution in [0.5, 0.6) is 0 Å². The molecule has 1 aliphatic carbocycles. The van der Waals surface area contributed by atoms with Crippen molar-refractivity contribution in [2.75, 3.05) is 7.05 Å². The summed E-state index contributed by atoms with van der Waals surface area (Å²) >= 11 is 0. The van der Waals surface area contributed by atoms with Crippen LogP contribution in [0.4, 0.5) is 0 Å². The Morgan fingerprint density at radius 2 is 2.28 bits per heavy atom. The second-order valence-electron chi connectivity index (χ2n) is 4.80. The monoisotopic (exact) mass is 251 g/mol. The minimum atomic E-state index is -0.985. The van der Waals surface area contributed by atoms with Gasteiger partial charge in [0.15, 0.2) is 0 Å². The number of primary amides is 1. The van der Waals surface area contributed by atoms with Crippen molar-refractivity contribution >= 4 is 17.5 Å². The summed E-state index contributed by atoms with van der Waals surface area (Å²) in [6.45, 7) is 0. The molecule has 0 spiro atoms. The summed E-state index contributed by atoms with van der Waals surface area (Å²) in [4.78, 5) is 27.4. The van der Waals surface area contributed by atoms with E-state index in [4.69, 9.17) is 5.73 Å². The van der Waals surface area contributed by atoms with Crippen molar-refractivity contribution in [3.8, 4) is 0 Å². The Balaban J connectivity index is 2.29. The van der Waals surface area contributed by atoms with Gasteiger partial charge in [-0.1, -0.05) is 0 Å². The Morgan fingerprint density at radius 3 is 2.72 bits per heavy atom. The standard InChI is InChI=1S/C12H17N3O3/c1-14-10(17)8-6-12(11(13)18,4-5-15-8)7-2-3-9(7)16/h4-5,7,9,16H,2-3,6H2,1H3,(H2,13,18)(H,14,17)/t7-,9-,12?/m1/s1. The predicted octanol–water partition coefficient (Wildman–Crippen LogP) is -0.667. The van der Waals surface area contributed by atoms with Gasteiger partial charge < -0.3 is 16.2 Å². The smallest absolute Gasteiger partial charge is 0.265 e. The molecule has 1 fully saturated rings. The molecular formula is C12H17N3O3. The lowest BCUT2D eigenvalue weighted by atomic mass is 9.60. The summed E-state index contributed by atoms with van der Waals surface area (Å²) in [5.41, 5.74) is 4.78. The maximum absolute atomic E-state index is 11.8.